The predicted molar refractivity (Wildman–Crippen MR) is 109 cm³/mol. The average Bonchev–Trinajstić information content (AvgIpc) is 3.21. The minimum atomic E-state index is -1.12. The van der Waals surface area contributed by atoms with Gasteiger partial charge in [0.05, 0.1) is 11.6 Å². The number of halogens is 2. The molecule has 2 N–H and O–H groups in total. The molecule has 160 valence electrons. The van der Waals surface area contributed by atoms with Crippen molar-refractivity contribution in [1.29, 1.82) is 0 Å². The van der Waals surface area contributed by atoms with Gasteiger partial charge in [-0.1, -0.05) is 26.0 Å². The molecule has 4 rings (SSSR count). The highest BCUT2D eigenvalue weighted by molar-refractivity contribution is 5.81. The standard InChI is InChI=1S/C23H27F2N3O2/c1-14-12-28(13-15(2)23(14,30)21-5-3-4-8-27-21)22(29)19-11-26-10-18(19)17-7-6-16(24)9-20(17)25/h3-9,14-15,18-19,26,30H,10-13H2,1-2H3/t14-,15+,18-,19+,23-/m0/s1. The van der Waals surface area contributed by atoms with Crippen LogP contribution in [-0.4, -0.2) is 47.1 Å². The largest absolute Gasteiger partial charge is 0.383 e. The molecule has 0 aliphatic carbocycles. The van der Waals surface area contributed by atoms with E-state index in [4.69, 9.17) is 0 Å². The van der Waals surface area contributed by atoms with Gasteiger partial charge in [0.15, 0.2) is 0 Å². The van der Waals surface area contributed by atoms with Crippen LogP contribution in [0.3, 0.4) is 0 Å². The van der Waals surface area contributed by atoms with Gasteiger partial charge in [0, 0.05) is 56.2 Å². The lowest BCUT2D eigenvalue weighted by molar-refractivity contribution is -0.153. The van der Waals surface area contributed by atoms with Crippen LogP contribution in [0.5, 0.6) is 0 Å². The molecule has 1 aromatic heterocycles. The fourth-order valence-electron chi connectivity index (χ4n) is 5.09. The minimum Gasteiger partial charge on any atom is -0.383 e. The summed E-state index contributed by atoms with van der Waals surface area (Å²) in [5.74, 6) is -2.50. The third kappa shape index (κ3) is 3.50. The average molecular weight is 415 g/mol. The molecule has 0 saturated carbocycles. The topological polar surface area (TPSA) is 65.5 Å². The third-order valence-electron chi connectivity index (χ3n) is 6.77. The summed E-state index contributed by atoms with van der Waals surface area (Å²) in [4.78, 5) is 19.5. The Morgan fingerprint density at radius 3 is 2.53 bits per heavy atom. The van der Waals surface area contributed by atoms with Crippen LogP contribution in [0, 0.1) is 29.4 Å². The molecule has 2 aliphatic heterocycles. The smallest absolute Gasteiger partial charge is 0.227 e. The quantitative estimate of drug-likeness (QED) is 0.809. The van der Waals surface area contributed by atoms with Crippen LogP contribution in [0.15, 0.2) is 42.6 Å². The summed E-state index contributed by atoms with van der Waals surface area (Å²) in [6.45, 7) is 5.56. The zero-order valence-corrected chi connectivity index (χ0v) is 17.2. The molecule has 0 bridgehead atoms. The van der Waals surface area contributed by atoms with Crippen LogP contribution in [-0.2, 0) is 10.4 Å². The van der Waals surface area contributed by atoms with Crippen LogP contribution in [0.4, 0.5) is 8.78 Å². The Morgan fingerprint density at radius 2 is 1.90 bits per heavy atom. The highest BCUT2D eigenvalue weighted by atomic mass is 19.1. The molecule has 5 nitrogen and oxygen atoms in total. The summed E-state index contributed by atoms with van der Waals surface area (Å²) in [5, 5.41) is 14.6. The Labute approximate surface area is 175 Å². The van der Waals surface area contributed by atoms with Crippen LogP contribution in [0.25, 0.3) is 0 Å². The molecule has 1 aromatic carbocycles. The van der Waals surface area contributed by atoms with Gasteiger partial charge in [0.1, 0.15) is 17.2 Å². The van der Waals surface area contributed by atoms with E-state index in [9.17, 15) is 18.7 Å². The van der Waals surface area contributed by atoms with Crippen molar-refractivity contribution < 1.29 is 18.7 Å². The van der Waals surface area contributed by atoms with E-state index in [1.807, 2.05) is 32.0 Å². The molecule has 2 fully saturated rings. The number of hydrogen-bond donors (Lipinski definition) is 2. The second-order valence-electron chi connectivity index (χ2n) is 8.62. The van der Waals surface area contributed by atoms with Gasteiger partial charge in [-0.15, -0.1) is 0 Å². The zero-order valence-electron chi connectivity index (χ0n) is 17.2. The second kappa shape index (κ2) is 8.04. The van der Waals surface area contributed by atoms with E-state index in [1.165, 1.54) is 12.1 Å². The molecular weight excluding hydrogens is 388 g/mol. The van der Waals surface area contributed by atoms with Crippen molar-refractivity contribution in [2.75, 3.05) is 26.2 Å². The van der Waals surface area contributed by atoms with Crippen molar-refractivity contribution in [3.8, 4) is 0 Å². The number of nitrogens with one attached hydrogen (secondary N) is 1. The minimum absolute atomic E-state index is 0.0597. The second-order valence-corrected chi connectivity index (χ2v) is 8.62. The first-order chi connectivity index (χ1) is 14.3. The number of aliphatic hydroxyl groups is 1. The molecule has 0 unspecified atom stereocenters. The number of carbonyl (C=O) groups excluding carboxylic acids is 1. The number of pyridine rings is 1. The summed E-state index contributed by atoms with van der Waals surface area (Å²) >= 11 is 0. The number of benzene rings is 1. The molecule has 0 radical (unpaired) electrons. The van der Waals surface area contributed by atoms with E-state index >= 15 is 0 Å². The van der Waals surface area contributed by atoms with E-state index in [1.54, 1.807) is 11.1 Å². The summed E-state index contributed by atoms with van der Waals surface area (Å²) in [6.07, 6.45) is 1.66. The zero-order chi connectivity index (χ0) is 21.5. The number of likely N-dealkylation sites (tertiary alicyclic amines) is 1. The lowest BCUT2D eigenvalue weighted by atomic mass is 9.72. The molecule has 0 spiro atoms. The number of nitrogens with zero attached hydrogens (tertiary/aromatic N) is 2. The number of rotatable bonds is 3. The van der Waals surface area contributed by atoms with Gasteiger partial charge >= 0.3 is 0 Å². The maximum absolute atomic E-state index is 14.4. The number of carbonyl (C=O) groups is 1. The van der Waals surface area contributed by atoms with Gasteiger partial charge in [0.25, 0.3) is 0 Å². The maximum Gasteiger partial charge on any atom is 0.227 e. The molecule has 7 heteroatoms. The Balaban J connectivity index is 1.54. The molecular formula is C23H27F2N3O2. The molecule has 30 heavy (non-hydrogen) atoms. The van der Waals surface area contributed by atoms with Gasteiger partial charge < -0.3 is 15.3 Å². The summed E-state index contributed by atoms with van der Waals surface area (Å²) in [6, 6.07) is 9.01. The molecule has 3 heterocycles. The van der Waals surface area contributed by atoms with Gasteiger partial charge in [-0.25, -0.2) is 8.78 Å². The first-order valence-corrected chi connectivity index (χ1v) is 10.4. The fourth-order valence-corrected chi connectivity index (χ4v) is 5.09. The van der Waals surface area contributed by atoms with Crippen molar-refractivity contribution >= 4 is 5.91 Å². The lowest BCUT2D eigenvalue weighted by Gasteiger charge is -2.48. The van der Waals surface area contributed by atoms with E-state index in [-0.39, 0.29) is 23.7 Å². The summed E-state index contributed by atoms with van der Waals surface area (Å²) in [7, 11) is 0. The number of amides is 1. The monoisotopic (exact) mass is 415 g/mol. The van der Waals surface area contributed by atoms with Crippen molar-refractivity contribution in [2.45, 2.75) is 25.4 Å². The van der Waals surface area contributed by atoms with E-state index < -0.39 is 23.2 Å². The Bertz CT molecular complexity index is 912. The number of aromatic nitrogens is 1. The molecule has 2 aliphatic rings. The summed E-state index contributed by atoms with van der Waals surface area (Å²) in [5.41, 5.74) is -0.136. The van der Waals surface area contributed by atoms with E-state index in [0.717, 1.165) is 6.07 Å². The first-order valence-electron chi connectivity index (χ1n) is 10.4. The van der Waals surface area contributed by atoms with Crippen LogP contribution < -0.4 is 5.32 Å². The maximum atomic E-state index is 14.4. The van der Waals surface area contributed by atoms with Crippen molar-refractivity contribution in [2.24, 2.45) is 17.8 Å². The molecule has 5 atom stereocenters. The van der Waals surface area contributed by atoms with Gasteiger partial charge in [-0.2, -0.15) is 0 Å². The normalized spacial score (nSPS) is 31.7. The first kappa shape index (κ1) is 20.9. The number of hydrogen-bond acceptors (Lipinski definition) is 4. The molecule has 1 amide bonds. The Hall–Kier alpha value is -2.38. The van der Waals surface area contributed by atoms with Gasteiger partial charge in [0.2, 0.25) is 5.91 Å². The SMILES string of the molecule is C[C@@H]1CN(C(=O)[C@@H]2CNC[C@H]2c2ccc(F)cc2F)C[C@H](C)[C@@]1(O)c1ccccn1. The molecule has 2 aromatic rings. The van der Waals surface area contributed by atoms with Crippen molar-refractivity contribution in [3.63, 3.8) is 0 Å². The van der Waals surface area contributed by atoms with Crippen molar-refractivity contribution in [1.82, 2.24) is 15.2 Å². The third-order valence-corrected chi connectivity index (χ3v) is 6.77. The summed E-state index contributed by atoms with van der Waals surface area (Å²) < 4.78 is 27.7. The van der Waals surface area contributed by atoms with Crippen molar-refractivity contribution in [3.05, 3.63) is 65.5 Å². The van der Waals surface area contributed by atoms with E-state index in [0.29, 0.717) is 37.4 Å². The van der Waals surface area contributed by atoms with Gasteiger partial charge in [-0.05, 0) is 23.8 Å². The van der Waals surface area contributed by atoms with Crippen LogP contribution in [0.1, 0.15) is 31.0 Å². The Morgan fingerprint density at radius 1 is 1.17 bits per heavy atom. The number of piperidine rings is 1. The Kier molecular flexibility index (Phi) is 5.59. The molecule has 2 saturated heterocycles. The fraction of sp³-hybridized carbons (Fsp3) is 0.478. The highest BCUT2D eigenvalue weighted by Crippen LogP contribution is 2.41. The van der Waals surface area contributed by atoms with E-state index in [2.05, 4.69) is 10.3 Å². The lowest BCUT2D eigenvalue weighted by Crippen LogP contribution is -2.57. The van der Waals surface area contributed by atoms with Crippen LogP contribution >= 0.6 is 0 Å². The highest BCUT2D eigenvalue weighted by Gasteiger charge is 2.49. The van der Waals surface area contributed by atoms with Gasteiger partial charge in [-0.3, -0.25) is 9.78 Å². The predicted octanol–water partition coefficient (Wildman–Crippen LogP) is 2.67. The van der Waals surface area contributed by atoms with Crippen LogP contribution in [0.2, 0.25) is 0 Å².